The van der Waals surface area contributed by atoms with Crippen molar-refractivity contribution in [1.29, 1.82) is 0 Å². The molecule has 2 aromatic rings. The number of hydrogen-bond donors (Lipinski definition) is 0. The Bertz CT molecular complexity index is 842. The summed E-state index contributed by atoms with van der Waals surface area (Å²) in [5.41, 5.74) is -0.452. The van der Waals surface area contributed by atoms with Crippen LogP contribution in [0.3, 0.4) is 0 Å². The predicted octanol–water partition coefficient (Wildman–Crippen LogP) is 3.21. The van der Waals surface area contributed by atoms with Crippen molar-refractivity contribution >= 4 is 33.0 Å². The van der Waals surface area contributed by atoms with Crippen LogP contribution in [0, 0.1) is 15.9 Å². The fourth-order valence-corrected chi connectivity index (χ4v) is 3.31. The SMILES string of the molecule is CN(c1ccc(F)c(Cl)c1)S(=O)(=O)c1ccccc1[N+](=O)[O-]. The van der Waals surface area contributed by atoms with E-state index in [0.29, 0.717) is 0 Å². The van der Waals surface area contributed by atoms with E-state index in [1.807, 2.05) is 0 Å². The van der Waals surface area contributed by atoms with Crippen LogP contribution in [0.1, 0.15) is 0 Å². The quantitative estimate of drug-likeness (QED) is 0.630. The third-order valence-corrected chi connectivity index (χ3v) is 5.09. The van der Waals surface area contributed by atoms with Gasteiger partial charge in [0.1, 0.15) is 5.82 Å². The first-order valence-corrected chi connectivity index (χ1v) is 7.74. The summed E-state index contributed by atoms with van der Waals surface area (Å²) < 4.78 is 39.0. The molecular weight excluding hydrogens is 335 g/mol. The molecule has 0 unspecified atom stereocenters. The van der Waals surface area contributed by atoms with Crippen LogP contribution in [0.2, 0.25) is 5.02 Å². The number of nitro groups is 1. The molecule has 0 aliphatic carbocycles. The zero-order valence-corrected chi connectivity index (χ0v) is 12.8. The topological polar surface area (TPSA) is 80.5 Å². The monoisotopic (exact) mass is 344 g/mol. The summed E-state index contributed by atoms with van der Waals surface area (Å²) in [4.78, 5) is 9.74. The molecule has 0 heterocycles. The molecular formula is C13H10ClFN2O4S. The van der Waals surface area contributed by atoms with Gasteiger partial charge in [0.2, 0.25) is 0 Å². The molecule has 116 valence electrons. The average Bonchev–Trinajstić information content (AvgIpc) is 2.49. The van der Waals surface area contributed by atoms with E-state index >= 15 is 0 Å². The Hall–Kier alpha value is -2.19. The van der Waals surface area contributed by atoms with Crippen molar-refractivity contribution in [2.24, 2.45) is 0 Å². The van der Waals surface area contributed by atoms with Gasteiger partial charge in [0, 0.05) is 13.1 Å². The number of benzene rings is 2. The van der Waals surface area contributed by atoms with E-state index in [2.05, 4.69) is 0 Å². The van der Waals surface area contributed by atoms with Gasteiger partial charge < -0.3 is 0 Å². The van der Waals surface area contributed by atoms with E-state index in [4.69, 9.17) is 11.6 Å². The summed E-state index contributed by atoms with van der Waals surface area (Å²) in [5, 5.41) is 10.7. The number of para-hydroxylation sites is 1. The Morgan fingerprint density at radius 3 is 2.45 bits per heavy atom. The number of hydrogen-bond acceptors (Lipinski definition) is 4. The number of sulfonamides is 1. The van der Waals surface area contributed by atoms with Crippen LogP contribution in [-0.2, 0) is 10.0 Å². The van der Waals surface area contributed by atoms with Gasteiger partial charge in [0.15, 0.2) is 4.90 Å². The molecule has 0 aliphatic rings. The highest BCUT2D eigenvalue weighted by Crippen LogP contribution is 2.30. The lowest BCUT2D eigenvalue weighted by atomic mass is 10.3. The first-order valence-electron chi connectivity index (χ1n) is 5.92. The van der Waals surface area contributed by atoms with Gasteiger partial charge in [-0.3, -0.25) is 14.4 Å². The zero-order valence-electron chi connectivity index (χ0n) is 11.2. The molecule has 2 aromatic carbocycles. The van der Waals surface area contributed by atoms with E-state index in [-0.39, 0.29) is 10.7 Å². The fourth-order valence-electron chi connectivity index (χ4n) is 1.79. The van der Waals surface area contributed by atoms with Gasteiger partial charge in [-0.1, -0.05) is 23.7 Å². The third kappa shape index (κ3) is 2.88. The predicted molar refractivity (Wildman–Crippen MR) is 80.1 cm³/mol. The van der Waals surface area contributed by atoms with Gasteiger partial charge >= 0.3 is 0 Å². The van der Waals surface area contributed by atoms with Crippen molar-refractivity contribution < 1.29 is 17.7 Å². The second-order valence-corrected chi connectivity index (χ2v) is 6.64. The highest BCUT2D eigenvalue weighted by Gasteiger charge is 2.29. The lowest BCUT2D eigenvalue weighted by molar-refractivity contribution is -0.387. The summed E-state index contributed by atoms with van der Waals surface area (Å²) in [7, 11) is -2.98. The first kappa shape index (κ1) is 16.2. The largest absolute Gasteiger partial charge is 0.289 e. The smallest absolute Gasteiger partial charge is 0.269 e. The van der Waals surface area contributed by atoms with Gasteiger partial charge in [-0.25, -0.2) is 12.8 Å². The van der Waals surface area contributed by atoms with Gasteiger partial charge in [0.05, 0.1) is 15.6 Å². The molecule has 0 radical (unpaired) electrons. The first-order chi connectivity index (χ1) is 10.2. The standard InChI is InChI=1S/C13H10ClFN2O4S/c1-16(9-6-7-11(15)10(14)8-9)22(20,21)13-5-3-2-4-12(13)17(18)19/h2-8H,1H3. The Labute approximate surface area is 130 Å². The molecule has 22 heavy (non-hydrogen) atoms. The van der Waals surface area contributed by atoms with Crippen molar-refractivity contribution in [2.75, 3.05) is 11.4 Å². The van der Waals surface area contributed by atoms with Crippen molar-refractivity contribution in [3.8, 4) is 0 Å². The van der Waals surface area contributed by atoms with Gasteiger partial charge in [-0.2, -0.15) is 0 Å². The molecule has 0 saturated heterocycles. The van der Waals surface area contributed by atoms with Crippen LogP contribution < -0.4 is 4.31 Å². The molecule has 0 N–H and O–H groups in total. The van der Waals surface area contributed by atoms with Crippen LogP contribution in [0.4, 0.5) is 15.8 Å². The Morgan fingerprint density at radius 1 is 1.23 bits per heavy atom. The van der Waals surface area contributed by atoms with E-state index in [1.54, 1.807) is 0 Å². The van der Waals surface area contributed by atoms with Crippen LogP contribution in [0.25, 0.3) is 0 Å². The van der Waals surface area contributed by atoms with Crippen LogP contribution in [-0.4, -0.2) is 20.4 Å². The Morgan fingerprint density at radius 2 is 1.86 bits per heavy atom. The van der Waals surface area contributed by atoms with E-state index < -0.39 is 31.3 Å². The molecule has 0 spiro atoms. The van der Waals surface area contributed by atoms with Crippen molar-refractivity contribution in [3.63, 3.8) is 0 Å². The number of rotatable bonds is 4. The lowest BCUT2D eigenvalue weighted by Gasteiger charge is -2.19. The van der Waals surface area contributed by atoms with E-state index in [9.17, 15) is 22.9 Å². The number of nitro benzene ring substituents is 1. The highest BCUT2D eigenvalue weighted by atomic mass is 35.5. The van der Waals surface area contributed by atoms with Crippen LogP contribution >= 0.6 is 11.6 Å². The van der Waals surface area contributed by atoms with Crippen LogP contribution in [0.15, 0.2) is 47.4 Å². The van der Waals surface area contributed by atoms with Crippen molar-refractivity contribution in [2.45, 2.75) is 4.90 Å². The number of nitrogens with zero attached hydrogens (tertiary/aromatic N) is 2. The molecule has 0 aromatic heterocycles. The summed E-state index contributed by atoms with van der Waals surface area (Å²) in [6, 6.07) is 8.34. The minimum atomic E-state index is -4.19. The van der Waals surface area contributed by atoms with E-state index in [0.717, 1.165) is 28.6 Å². The Balaban J connectivity index is 2.55. The molecule has 0 bridgehead atoms. The number of anilines is 1. The van der Waals surface area contributed by atoms with Gasteiger partial charge in [-0.05, 0) is 24.3 Å². The summed E-state index contributed by atoms with van der Waals surface area (Å²) >= 11 is 5.63. The van der Waals surface area contributed by atoms with E-state index in [1.165, 1.54) is 25.2 Å². The lowest BCUT2D eigenvalue weighted by Crippen LogP contribution is -2.27. The Kier molecular flexibility index (Phi) is 4.34. The third-order valence-electron chi connectivity index (χ3n) is 2.97. The maximum atomic E-state index is 13.2. The van der Waals surface area contributed by atoms with Crippen molar-refractivity contribution in [3.05, 3.63) is 63.4 Å². The second-order valence-electron chi connectivity index (χ2n) is 4.30. The minimum absolute atomic E-state index is 0.0875. The van der Waals surface area contributed by atoms with Crippen molar-refractivity contribution in [1.82, 2.24) is 0 Å². The van der Waals surface area contributed by atoms with Gasteiger partial charge in [-0.15, -0.1) is 0 Å². The second kappa shape index (κ2) is 5.90. The summed E-state index contributed by atoms with van der Waals surface area (Å²) in [6.07, 6.45) is 0. The summed E-state index contributed by atoms with van der Waals surface area (Å²) in [5.74, 6) is -0.693. The fraction of sp³-hybridized carbons (Fsp3) is 0.0769. The minimum Gasteiger partial charge on any atom is -0.269 e. The molecule has 0 aliphatic heterocycles. The molecule has 6 nitrogen and oxygen atoms in total. The highest BCUT2D eigenvalue weighted by molar-refractivity contribution is 7.93. The normalized spacial score (nSPS) is 11.2. The molecule has 0 amide bonds. The van der Waals surface area contributed by atoms with Gasteiger partial charge in [0.25, 0.3) is 15.7 Å². The molecule has 9 heteroatoms. The molecule has 0 saturated carbocycles. The maximum Gasteiger partial charge on any atom is 0.289 e. The zero-order chi connectivity index (χ0) is 16.5. The summed E-state index contributed by atoms with van der Waals surface area (Å²) in [6.45, 7) is 0. The maximum absolute atomic E-state index is 13.2. The molecule has 2 rings (SSSR count). The molecule has 0 atom stereocenters. The van der Waals surface area contributed by atoms with Crippen LogP contribution in [0.5, 0.6) is 0 Å². The number of halogens is 2. The average molecular weight is 345 g/mol. The molecule has 0 fully saturated rings.